The summed E-state index contributed by atoms with van der Waals surface area (Å²) in [4.78, 5) is 12.5. The summed E-state index contributed by atoms with van der Waals surface area (Å²) < 4.78 is 31.9. The lowest BCUT2D eigenvalue weighted by atomic mass is 10.2. The molecule has 3 aromatic rings. The highest BCUT2D eigenvalue weighted by molar-refractivity contribution is 7.89. The summed E-state index contributed by atoms with van der Waals surface area (Å²) in [5.41, 5.74) is 1.88. The van der Waals surface area contributed by atoms with Crippen LogP contribution in [0.25, 0.3) is 0 Å². The van der Waals surface area contributed by atoms with Crippen LogP contribution in [-0.2, 0) is 16.6 Å². The SMILES string of the molecule is COc1ccc(NC(=O)c2ccc(S(=O)(=O)N(C)Cc3ccccc3)cc2)cc1. The Bertz CT molecular complexity index is 1060. The van der Waals surface area contributed by atoms with E-state index >= 15 is 0 Å². The average Bonchev–Trinajstić information content (AvgIpc) is 2.75. The van der Waals surface area contributed by atoms with Gasteiger partial charge in [-0.15, -0.1) is 0 Å². The first-order valence-electron chi connectivity index (χ1n) is 8.96. The van der Waals surface area contributed by atoms with E-state index in [2.05, 4.69) is 5.32 Å². The van der Waals surface area contributed by atoms with Crippen LogP contribution in [0.5, 0.6) is 5.75 Å². The zero-order valence-corrected chi connectivity index (χ0v) is 17.0. The lowest BCUT2D eigenvalue weighted by molar-refractivity contribution is 0.102. The van der Waals surface area contributed by atoms with Crippen LogP contribution in [0.2, 0.25) is 0 Å². The molecule has 0 atom stereocenters. The van der Waals surface area contributed by atoms with Crippen LogP contribution in [0.4, 0.5) is 5.69 Å². The number of amides is 1. The van der Waals surface area contributed by atoms with Gasteiger partial charge in [-0.1, -0.05) is 30.3 Å². The quantitative estimate of drug-likeness (QED) is 0.643. The van der Waals surface area contributed by atoms with E-state index in [-0.39, 0.29) is 17.3 Å². The molecule has 0 radical (unpaired) electrons. The number of nitrogens with one attached hydrogen (secondary N) is 1. The van der Waals surface area contributed by atoms with Gasteiger partial charge >= 0.3 is 0 Å². The Morgan fingerprint density at radius 2 is 1.55 bits per heavy atom. The molecule has 3 aromatic carbocycles. The molecule has 7 heteroatoms. The predicted octanol–water partition coefficient (Wildman–Crippen LogP) is 3.77. The van der Waals surface area contributed by atoms with Gasteiger partial charge in [-0.25, -0.2) is 8.42 Å². The lowest BCUT2D eigenvalue weighted by Crippen LogP contribution is -2.26. The number of nitrogens with zero attached hydrogens (tertiary/aromatic N) is 1. The first kappa shape index (κ1) is 20.6. The van der Waals surface area contributed by atoms with Crippen molar-refractivity contribution in [1.29, 1.82) is 0 Å². The zero-order valence-electron chi connectivity index (χ0n) is 16.2. The number of sulfonamides is 1. The van der Waals surface area contributed by atoms with Gasteiger partial charge in [-0.2, -0.15) is 4.31 Å². The summed E-state index contributed by atoms with van der Waals surface area (Å²) in [6, 6.07) is 22.2. The fraction of sp³-hybridized carbons (Fsp3) is 0.136. The molecule has 0 aromatic heterocycles. The van der Waals surface area contributed by atoms with Crippen molar-refractivity contribution in [2.24, 2.45) is 0 Å². The van der Waals surface area contributed by atoms with Crippen LogP contribution in [0.3, 0.4) is 0 Å². The Morgan fingerprint density at radius 3 is 2.14 bits per heavy atom. The zero-order chi connectivity index (χ0) is 20.9. The molecule has 0 spiro atoms. The van der Waals surface area contributed by atoms with Crippen LogP contribution in [0.1, 0.15) is 15.9 Å². The van der Waals surface area contributed by atoms with E-state index in [1.54, 1.807) is 31.4 Å². The second kappa shape index (κ2) is 8.89. The second-order valence-electron chi connectivity index (χ2n) is 6.45. The van der Waals surface area contributed by atoms with Gasteiger partial charge in [-0.05, 0) is 54.1 Å². The Hall–Kier alpha value is -3.16. The van der Waals surface area contributed by atoms with Crippen molar-refractivity contribution in [1.82, 2.24) is 4.31 Å². The molecule has 0 bridgehead atoms. The molecule has 0 fully saturated rings. The van der Waals surface area contributed by atoms with Crippen LogP contribution in [0.15, 0.2) is 83.8 Å². The van der Waals surface area contributed by atoms with Gasteiger partial charge < -0.3 is 10.1 Å². The number of hydrogen-bond acceptors (Lipinski definition) is 4. The van der Waals surface area contributed by atoms with E-state index in [4.69, 9.17) is 4.74 Å². The Kier molecular flexibility index (Phi) is 6.31. The summed E-state index contributed by atoms with van der Waals surface area (Å²) in [5.74, 6) is 0.369. The Labute approximate surface area is 170 Å². The Morgan fingerprint density at radius 1 is 0.931 bits per heavy atom. The summed E-state index contributed by atoms with van der Waals surface area (Å²) in [6.07, 6.45) is 0. The summed E-state index contributed by atoms with van der Waals surface area (Å²) in [7, 11) is -0.554. The third-order valence-corrected chi connectivity index (χ3v) is 6.24. The van der Waals surface area contributed by atoms with Gasteiger partial charge in [0.1, 0.15) is 5.75 Å². The third kappa shape index (κ3) is 5.01. The maximum atomic E-state index is 12.8. The van der Waals surface area contributed by atoms with Crippen molar-refractivity contribution in [2.75, 3.05) is 19.5 Å². The number of anilines is 1. The number of ether oxygens (including phenoxy) is 1. The van der Waals surface area contributed by atoms with E-state index in [0.29, 0.717) is 17.0 Å². The number of hydrogen-bond donors (Lipinski definition) is 1. The molecule has 0 unspecified atom stereocenters. The first-order valence-corrected chi connectivity index (χ1v) is 10.4. The molecule has 1 N–H and O–H groups in total. The third-order valence-electron chi connectivity index (χ3n) is 4.42. The molecule has 0 aliphatic heterocycles. The molecular weight excluding hydrogens is 388 g/mol. The van der Waals surface area contributed by atoms with Gasteiger partial charge in [0.05, 0.1) is 12.0 Å². The van der Waals surface area contributed by atoms with Gasteiger partial charge in [0.2, 0.25) is 10.0 Å². The van der Waals surface area contributed by atoms with Crippen LogP contribution >= 0.6 is 0 Å². The highest BCUT2D eigenvalue weighted by atomic mass is 32.2. The summed E-state index contributed by atoms with van der Waals surface area (Å²) in [6.45, 7) is 0.267. The van der Waals surface area contributed by atoms with E-state index in [1.807, 2.05) is 30.3 Å². The Balaban J connectivity index is 1.70. The molecule has 1 amide bonds. The normalized spacial score (nSPS) is 11.3. The maximum absolute atomic E-state index is 12.8. The van der Waals surface area contributed by atoms with Gasteiger partial charge in [0, 0.05) is 24.8 Å². The average molecular weight is 410 g/mol. The largest absolute Gasteiger partial charge is 0.497 e. The van der Waals surface area contributed by atoms with Gasteiger partial charge in [0.25, 0.3) is 5.91 Å². The van der Waals surface area contributed by atoms with E-state index in [0.717, 1.165) is 5.56 Å². The van der Waals surface area contributed by atoms with Crippen molar-refractivity contribution in [2.45, 2.75) is 11.4 Å². The molecule has 0 heterocycles. The number of carbonyl (C=O) groups is 1. The predicted molar refractivity (Wildman–Crippen MR) is 112 cm³/mol. The molecule has 0 aliphatic rings. The first-order chi connectivity index (χ1) is 13.9. The van der Waals surface area contributed by atoms with Crippen molar-refractivity contribution < 1.29 is 17.9 Å². The number of carbonyl (C=O) groups excluding carboxylic acids is 1. The minimum absolute atomic E-state index is 0.136. The molecule has 6 nitrogen and oxygen atoms in total. The van der Waals surface area contributed by atoms with E-state index in [1.165, 1.54) is 35.6 Å². The standard InChI is InChI=1S/C22H22N2O4S/c1-24(16-17-6-4-3-5-7-17)29(26,27)21-14-8-18(9-15-21)22(25)23-19-10-12-20(28-2)13-11-19/h3-15H,16H2,1-2H3,(H,23,25). The molecule has 0 saturated heterocycles. The fourth-order valence-electron chi connectivity index (χ4n) is 2.76. The van der Waals surface area contributed by atoms with E-state index in [9.17, 15) is 13.2 Å². The smallest absolute Gasteiger partial charge is 0.255 e. The maximum Gasteiger partial charge on any atom is 0.255 e. The second-order valence-corrected chi connectivity index (χ2v) is 8.50. The number of benzene rings is 3. The van der Waals surface area contributed by atoms with Crippen molar-refractivity contribution >= 4 is 21.6 Å². The summed E-state index contributed by atoms with van der Waals surface area (Å²) in [5, 5.41) is 2.77. The number of methoxy groups -OCH3 is 1. The van der Waals surface area contributed by atoms with Gasteiger partial charge in [-0.3, -0.25) is 4.79 Å². The van der Waals surface area contributed by atoms with Crippen LogP contribution in [-0.4, -0.2) is 32.8 Å². The summed E-state index contributed by atoms with van der Waals surface area (Å²) >= 11 is 0. The topological polar surface area (TPSA) is 75.7 Å². The van der Waals surface area contributed by atoms with Crippen LogP contribution < -0.4 is 10.1 Å². The fourth-order valence-corrected chi connectivity index (χ4v) is 3.92. The van der Waals surface area contributed by atoms with E-state index < -0.39 is 10.0 Å². The minimum Gasteiger partial charge on any atom is -0.497 e. The minimum atomic E-state index is -3.66. The molecule has 0 aliphatic carbocycles. The van der Waals surface area contributed by atoms with Crippen LogP contribution in [0, 0.1) is 0 Å². The van der Waals surface area contributed by atoms with Crippen molar-refractivity contribution in [3.8, 4) is 5.75 Å². The monoisotopic (exact) mass is 410 g/mol. The molecule has 0 saturated carbocycles. The highest BCUT2D eigenvalue weighted by Gasteiger charge is 2.21. The lowest BCUT2D eigenvalue weighted by Gasteiger charge is -2.17. The van der Waals surface area contributed by atoms with Gasteiger partial charge in [0.15, 0.2) is 0 Å². The molecular formula is C22H22N2O4S. The molecule has 150 valence electrons. The molecule has 3 rings (SSSR count). The highest BCUT2D eigenvalue weighted by Crippen LogP contribution is 2.19. The van der Waals surface area contributed by atoms with Crippen molar-refractivity contribution in [3.05, 3.63) is 90.0 Å². The molecule has 29 heavy (non-hydrogen) atoms. The number of rotatable bonds is 7. The van der Waals surface area contributed by atoms with Crippen molar-refractivity contribution in [3.63, 3.8) is 0 Å².